The number of carbonyl (C=O) groups is 1. The molecule has 19 heavy (non-hydrogen) atoms. The van der Waals surface area contributed by atoms with Crippen molar-refractivity contribution in [3.8, 4) is 10.7 Å². The minimum absolute atomic E-state index is 0.0825. The molecular weight excluding hydrogens is 284 g/mol. The predicted molar refractivity (Wildman–Crippen MR) is 74.4 cm³/mol. The van der Waals surface area contributed by atoms with Crippen LogP contribution < -0.4 is 0 Å². The number of fused-ring (bicyclic) bond motifs is 1. The Morgan fingerprint density at radius 3 is 3.11 bits per heavy atom. The number of nitrogens with zero attached hydrogens (tertiary/aromatic N) is 2. The Balaban J connectivity index is 1.94. The number of hydrogen-bond donors (Lipinski definition) is 0. The number of esters is 1. The zero-order valence-electron chi connectivity index (χ0n) is 10.4. The van der Waals surface area contributed by atoms with Crippen molar-refractivity contribution in [2.45, 2.75) is 19.4 Å². The molecule has 0 amide bonds. The van der Waals surface area contributed by atoms with E-state index < -0.39 is 0 Å². The van der Waals surface area contributed by atoms with E-state index in [4.69, 9.17) is 16.3 Å². The molecule has 1 aliphatic rings. The first-order chi connectivity index (χ1) is 9.19. The first kappa shape index (κ1) is 12.7. The maximum atomic E-state index is 11.7. The van der Waals surface area contributed by atoms with Crippen LogP contribution in [0.25, 0.3) is 10.7 Å². The second kappa shape index (κ2) is 4.98. The highest BCUT2D eigenvalue weighted by atomic mass is 35.5. The molecule has 3 rings (SSSR count). The lowest BCUT2D eigenvalue weighted by atomic mass is 9.98. The van der Waals surface area contributed by atoms with E-state index in [-0.39, 0.29) is 11.9 Å². The van der Waals surface area contributed by atoms with Gasteiger partial charge in [-0.15, -0.1) is 11.3 Å². The number of hydrogen-bond acceptors (Lipinski definition) is 4. The smallest absolute Gasteiger partial charge is 0.310 e. The molecule has 1 atom stereocenters. The quantitative estimate of drug-likeness (QED) is 0.800. The molecule has 0 saturated heterocycles. The molecule has 0 saturated carbocycles. The fraction of sp³-hybridized carbons (Fsp3) is 0.385. The summed E-state index contributed by atoms with van der Waals surface area (Å²) in [4.78, 5) is 17.2. The number of aryl methyl sites for hydroxylation is 1. The van der Waals surface area contributed by atoms with E-state index >= 15 is 0 Å². The van der Waals surface area contributed by atoms with E-state index in [1.165, 1.54) is 24.1 Å². The molecule has 0 N–H and O–H groups in total. The Hall–Kier alpha value is -1.33. The topological polar surface area (TPSA) is 44.1 Å². The molecule has 6 heteroatoms. The Labute approximate surface area is 120 Å². The third kappa shape index (κ3) is 2.28. The standard InChI is InChI=1S/C13H13ClN2O2S/c1-18-13(17)8-2-3-9-6-15-12(16(9)7-8)10-4-5-11(14)19-10/h4-6,8H,2-3,7H2,1H3. The lowest BCUT2D eigenvalue weighted by Gasteiger charge is -2.23. The fourth-order valence-electron chi connectivity index (χ4n) is 2.44. The highest BCUT2D eigenvalue weighted by Gasteiger charge is 2.27. The summed E-state index contributed by atoms with van der Waals surface area (Å²) in [7, 11) is 1.44. The molecule has 0 aliphatic carbocycles. The summed E-state index contributed by atoms with van der Waals surface area (Å²) in [5.74, 6) is 0.663. The summed E-state index contributed by atoms with van der Waals surface area (Å²) in [6, 6.07) is 3.83. The van der Waals surface area contributed by atoms with Gasteiger partial charge in [-0.1, -0.05) is 11.6 Å². The number of aromatic nitrogens is 2. The number of ether oxygens (including phenoxy) is 1. The molecule has 2 aromatic heterocycles. The van der Waals surface area contributed by atoms with Crippen molar-refractivity contribution in [2.24, 2.45) is 5.92 Å². The average Bonchev–Trinajstić information content (AvgIpc) is 3.02. The van der Waals surface area contributed by atoms with Crippen molar-refractivity contribution in [3.63, 3.8) is 0 Å². The first-order valence-corrected chi connectivity index (χ1v) is 7.26. The Kier molecular flexibility index (Phi) is 3.33. The third-order valence-corrected chi connectivity index (χ3v) is 4.65. The highest BCUT2D eigenvalue weighted by Crippen LogP contribution is 2.33. The number of thiophene rings is 1. The minimum Gasteiger partial charge on any atom is -0.469 e. The van der Waals surface area contributed by atoms with Crippen molar-refractivity contribution in [1.82, 2.24) is 9.55 Å². The summed E-state index contributed by atoms with van der Waals surface area (Å²) < 4.78 is 7.69. The fourth-order valence-corrected chi connectivity index (χ4v) is 3.49. The SMILES string of the molecule is COC(=O)C1CCc2cnc(-c3ccc(Cl)s3)n2C1. The summed E-state index contributed by atoms with van der Waals surface area (Å²) in [5, 5.41) is 0. The number of rotatable bonds is 2. The van der Waals surface area contributed by atoms with E-state index in [0.29, 0.717) is 6.54 Å². The van der Waals surface area contributed by atoms with Crippen LogP contribution in [0.1, 0.15) is 12.1 Å². The van der Waals surface area contributed by atoms with Crippen molar-refractivity contribution in [3.05, 3.63) is 28.4 Å². The molecule has 0 aromatic carbocycles. The lowest BCUT2D eigenvalue weighted by Crippen LogP contribution is -2.27. The zero-order chi connectivity index (χ0) is 13.4. The van der Waals surface area contributed by atoms with Crippen molar-refractivity contribution >= 4 is 28.9 Å². The Morgan fingerprint density at radius 1 is 1.58 bits per heavy atom. The average molecular weight is 297 g/mol. The van der Waals surface area contributed by atoms with Gasteiger partial charge in [-0.25, -0.2) is 4.98 Å². The third-order valence-electron chi connectivity index (χ3n) is 3.42. The molecular formula is C13H13ClN2O2S. The van der Waals surface area contributed by atoms with Gasteiger partial charge in [0.2, 0.25) is 0 Å². The molecule has 0 bridgehead atoms. The Morgan fingerprint density at radius 2 is 2.42 bits per heavy atom. The van der Waals surface area contributed by atoms with Crippen LogP contribution in [0.3, 0.4) is 0 Å². The van der Waals surface area contributed by atoms with Gasteiger partial charge < -0.3 is 9.30 Å². The van der Waals surface area contributed by atoms with E-state index in [0.717, 1.165) is 27.9 Å². The van der Waals surface area contributed by atoms with Crippen LogP contribution in [0.5, 0.6) is 0 Å². The lowest BCUT2D eigenvalue weighted by molar-refractivity contribution is -0.146. The number of halogens is 1. The largest absolute Gasteiger partial charge is 0.469 e. The van der Waals surface area contributed by atoms with E-state index in [2.05, 4.69) is 9.55 Å². The number of carbonyl (C=O) groups excluding carboxylic acids is 1. The maximum absolute atomic E-state index is 11.7. The second-order valence-corrected chi connectivity index (χ2v) is 6.26. The van der Waals surface area contributed by atoms with Gasteiger partial charge in [0.25, 0.3) is 0 Å². The van der Waals surface area contributed by atoms with E-state index in [1.54, 1.807) is 0 Å². The number of imidazole rings is 1. The van der Waals surface area contributed by atoms with Crippen molar-refractivity contribution < 1.29 is 9.53 Å². The van der Waals surface area contributed by atoms with E-state index in [9.17, 15) is 4.79 Å². The van der Waals surface area contributed by atoms with Gasteiger partial charge in [-0.2, -0.15) is 0 Å². The summed E-state index contributed by atoms with van der Waals surface area (Å²) in [5.41, 5.74) is 1.17. The summed E-state index contributed by atoms with van der Waals surface area (Å²) >= 11 is 7.47. The van der Waals surface area contributed by atoms with Crippen LogP contribution in [0.15, 0.2) is 18.3 Å². The van der Waals surface area contributed by atoms with Crippen LogP contribution in [-0.2, 0) is 22.5 Å². The molecule has 0 fully saturated rings. The second-order valence-electron chi connectivity index (χ2n) is 4.55. The molecule has 3 heterocycles. The Bertz CT molecular complexity index is 620. The summed E-state index contributed by atoms with van der Waals surface area (Å²) in [6.45, 7) is 0.632. The predicted octanol–water partition coefficient (Wildman–Crippen LogP) is 3.00. The molecule has 2 aromatic rings. The minimum atomic E-state index is -0.144. The molecule has 100 valence electrons. The van der Waals surface area contributed by atoms with Gasteiger partial charge in [0.15, 0.2) is 0 Å². The van der Waals surface area contributed by atoms with Gasteiger partial charge in [0.05, 0.1) is 22.2 Å². The van der Waals surface area contributed by atoms with Crippen LogP contribution in [0.4, 0.5) is 0 Å². The van der Waals surface area contributed by atoms with Crippen molar-refractivity contribution in [1.29, 1.82) is 0 Å². The van der Waals surface area contributed by atoms with Gasteiger partial charge in [0.1, 0.15) is 5.82 Å². The molecule has 1 unspecified atom stereocenters. The van der Waals surface area contributed by atoms with Gasteiger partial charge in [-0.05, 0) is 25.0 Å². The number of methoxy groups -OCH3 is 1. The van der Waals surface area contributed by atoms with Gasteiger partial charge in [0, 0.05) is 18.4 Å². The highest BCUT2D eigenvalue weighted by molar-refractivity contribution is 7.19. The van der Waals surface area contributed by atoms with Crippen LogP contribution in [0.2, 0.25) is 4.34 Å². The normalized spacial score (nSPS) is 18.1. The van der Waals surface area contributed by atoms with Crippen LogP contribution in [-0.4, -0.2) is 22.6 Å². The first-order valence-electron chi connectivity index (χ1n) is 6.07. The van der Waals surface area contributed by atoms with Gasteiger partial charge >= 0.3 is 5.97 Å². The molecule has 0 spiro atoms. The van der Waals surface area contributed by atoms with Gasteiger partial charge in [-0.3, -0.25) is 4.79 Å². The maximum Gasteiger partial charge on any atom is 0.310 e. The van der Waals surface area contributed by atoms with Crippen molar-refractivity contribution in [2.75, 3.05) is 7.11 Å². The summed E-state index contributed by atoms with van der Waals surface area (Å²) in [6.07, 6.45) is 3.56. The van der Waals surface area contributed by atoms with Crippen LogP contribution >= 0.6 is 22.9 Å². The molecule has 1 aliphatic heterocycles. The molecule has 4 nitrogen and oxygen atoms in total. The zero-order valence-corrected chi connectivity index (χ0v) is 12.0. The van der Waals surface area contributed by atoms with Crippen LogP contribution in [0, 0.1) is 5.92 Å². The molecule has 0 radical (unpaired) electrons. The van der Waals surface area contributed by atoms with E-state index in [1.807, 2.05) is 18.3 Å². The monoisotopic (exact) mass is 296 g/mol.